The Balaban J connectivity index is 1.93. The number of halogens is 1. The Morgan fingerprint density at radius 1 is 1.17 bits per heavy atom. The second-order valence-electron chi connectivity index (χ2n) is 6.95. The number of hydrogen-bond donors (Lipinski definition) is 1. The van der Waals surface area contributed by atoms with Crippen LogP contribution in [0.1, 0.15) is 22.5 Å². The van der Waals surface area contributed by atoms with Crippen molar-refractivity contribution in [3.63, 3.8) is 0 Å². The van der Waals surface area contributed by atoms with Gasteiger partial charge in [-0.3, -0.25) is 4.79 Å². The number of hydrogen-bond acceptors (Lipinski definition) is 3. The molecule has 0 aliphatic heterocycles. The quantitative estimate of drug-likeness (QED) is 0.431. The number of aryl methyl sites for hydroxylation is 2. The number of rotatable bonds is 5. The lowest BCUT2D eigenvalue weighted by Crippen LogP contribution is -2.13. The van der Waals surface area contributed by atoms with Gasteiger partial charge in [0.1, 0.15) is 17.4 Å². The van der Waals surface area contributed by atoms with Gasteiger partial charge in [-0.05, 0) is 68.3 Å². The summed E-state index contributed by atoms with van der Waals surface area (Å²) in [5, 5.41) is 13.0. The predicted molar refractivity (Wildman–Crippen MR) is 120 cm³/mol. The van der Waals surface area contributed by atoms with Crippen LogP contribution in [0.25, 0.3) is 11.8 Å². The molecule has 1 aromatic heterocycles. The van der Waals surface area contributed by atoms with E-state index in [1.807, 2.05) is 55.7 Å². The second kappa shape index (κ2) is 8.89. The molecule has 6 heteroatoms. The van der Waals surface area contributed by atoms with Crippen LogP contribution < -0.4 is 10.1 Å². The monoisotopic (exact) mass is 419 g/mol. The van der Waals surface area contributed by atoms with Gasteiger partial charge in [-0.15, -0.1) is 0 Å². The first kappa shape index (κ1) is 21.2. The van der Waals surface area contributed by atoms with Crippen molar-refractivity contribution in [3.8, 4) is 17.5 Å². The van der Waals surface area contributed by atoms with Gasteiger partial charge in [0.25, 0.3) is 5.91 Å². The molecule has 0 saturated carbocycles. The highest BCUT2D eigenvalue weighted by molar-refractivity contribution is 6.31. The third-order valence-corrected chi connectivity index (χ3v) is 5.28. The standard InChI is InChI=1S/C24H22ClN3O2/c1-15-8-9-21(13-23(15)25)28-16(2)10-18(17(28)3)11-19(14-26)24(29)27-20-6-5-7-22(12-20)30-4/h5-13H,1-4H3,(H,27,29)/b19-11-. The van der Waals surface area contributed by atoms with E-state index in [1.165, 1.54) is 0 Å². The fourth-order valence-electron chi connectivity index (χ4n) is 3.26. The fourth-order valence-corrected chi connectivity index (χ4v) is 3.43. The van der Waals surface area contributed by atoms with Gasteiger partial charge >= 0.3 is 0 Å². The molecular formula is C24H22ClN3O2. The van der Waals surface area contributed by atoms with Gasteiger partial charge < -0.3 is 14.6 Å². The van der Waals surface area contributed by atoms with Crippen molar-refractivity contribution < 1.29 is 9.53 Å². The molecule has 0 bridgehead atoms. The minimum absolute atomic E-state index is 0.0139. The molecule has 0 saturated heterocycles. The normalized spacial score (nSPS) is 11.1. The average Bonchev–Trinajstić information content (AvgIpc) is 3.01. The minimum atomic E-state index is -0.478. The summed E-state index contributed by atoms with van der Waals surface area (Å²) >= 11 is 6.29. The number of carbonyl (C=O) groups is 1. The Kier molecular flexibility index (Phi) is 6.29. The molecule has 0 aliphatic carbocycles. The molecule has 0 fully saturated rings. The molecule has 2 aromatic carbocycles. The third-order valence-electron chi connectivity index (χ3n) is 4.88. The molecule has 1 heterocycles. The smallest absolute Gasteiger partial charge is 0.266 e. The highest BCUT2D eigenvalue weighted by Gasteiger charge is 2.14. The Morgan fingerprint density at radius 2 is 1.93 bits per heavy atom. The number of nitriles is 1. The number of nitrogens with one attached hydrogen (secondary N) is 1. The average molecular weight is 420 g/mol. The zero-order valence-electron chi connectivity index (χ0n) is 17.3. The lowest BCUT2D eigenvalue weighted by molar-refractivity contribution is -0.112. The van der Waals surface area contributed by atoms with Crippen molar-refractivity contribution >= 4 is 29.3 Å². The number of anilines is 1. The molecule has 0 unspecified atom stereocenters. The molecule has 1 N–H and O–H groups in total. The zero-order chi connectivity index (χ0) is 21.8. The number of ether oxygens (including phenoxy) is 1. The van der Waals surface area contributed by atoms with Crippen LogP contribution in [0.15, 0.2) is 54.1 Å². The summed E-state index contributed by atoms with van der Waals surface area (Å²) in [7, 11) is 1.55. The summed E-state index contributed by atoms with van der Waals surface area (Å²) in [4.78, 5) is 12.6. The van der Waals surface area contributed by atoms with E-state index in [9.17, 15) is 10.1 Å². The highest BCUT2D eigenvalue weighted by Crippen LogP contribution is 2.26. The van der Waals surface area contributed by atoms with Crippen molar-refractivity contribution in [3.05, 3.63) is 81.6 Å². The number of carbonyl (C=O) groups excluding carboxylic acids is 1. The molecule has 0 atom stereocenters. The first-order valence-corrected chi connectivity index (χ1v) is 9.74. The molecule has 0 radical (unpaired) electrons. The largest absolute Gasteiger partial charge is 0.497 e. The predicted octanol–water partition coefficient (Wildman–Crippen LogP) is 5.61. The van der Waals surface area contributed by atoms with Crippen LogP contribution in [0.4, 0.5) is 5.69 Å². The summed E-state index contributed by atoms with van der Waals surface area (Å²) in [6.45, 7) is 5.87. The maximum absolute atomic E-state index is 12.6. The number of nitrogens with zero attached hydrogens (tertiary/aromatic N) is 2. The van der Waals surface area contributed by atoms with Crippen molar-refractivity contribution in [2.45, 2.75) is 20.8 Å². The van der Waals surface area contributed by atoms with E-state index < -0.39 is 5.91 Å². The van der Waals surface area contributed by atoms with Gasteiger partial charge in [0.2, 0.25) is 0 Å². The van der Waals surface area contributed by atoms with Crippen LogP contribution in [0.3, 0.4) is 0 Å². The topological polar surface area (TPSA) is 67.0 Å². The molecule has 1 amide bonds. The molecule has 30 heavy (non-hydrogen) atoms. The maximum atomic E-state index is 12.6. The maximum Gasteiger partial charge on any atom is 0.266 e. The molecule has 152 valence electrons. The lowest BCUT2D eigenvalue weighted by atomic mass is 10.1. The summed E-state index contributed by atoms with van der Waals surface area (Å²) in [6.07, 6.45) is 1.60. The van der Waals surface area contributed by atoms with Crippen LogP contribution in [0.2, 0.25) is 5.02 Å². The molecular weight excluding hydrogens is 398 g/mol. The first-order chi connectivity index (χ1) is 14.3. The van der Waals surface area contributed by atoms with E-state index >= 15 is 0 Å². The van der Waals surface area contributed by atoms with E-state index in [4.69, 9.17) is 16.3 Å². The summed E-state index contributed by atoms with van der Waals surface area (Å²) < 4.78 is 7.21. The second-order valence-corrected chi connectivity index (χ2v) is 7.36. The fraction of sp³-hybridized carbons (Fsp3) is 0.167. The van der Waals surface area contributed by atoms with E-state index in [0.717, 1.165) is 28.2 Å². The van der Waals surface area contributed by atoms with E-state index in [1.54, 1.807) is 37.5 Å². The van der Waals surface area contributed by atoms with Crippen LogP contribution in [-0.4, -0.2) is 17.6 Å². The highest BCUT2D eigenvalue weighted by atomic mass is 35.5. The van der Waals surface area contributed by atoms with Crippen molar-refractivity contribution in [2.75, 3.05) is 12.4 Å². The lowest BCUT2D eigenvalue weighted by Gasteiger charge is -2.11. The number of benzene rings is 2. The molecule has 3 aromatic rings. The van der Waals surface area contributed by atoms with Crippen molar-refractivity contribution in [1.82, 2.24) is 4.57 Å². The molecule has 0 spiro atoms. The Labute approximate surface area is 181 Å². The molecule has 0 aliphatic rings. The van der Waals surface area contributed by atoms with Gasteiger partial charge in [0.05, 0.1) is 7.11 Å². The van der Waals surface area contributed by atoms with E-state index in [0.29, 0.717) is 16.5 Å². The number of amides is 1. The van der Waals surface area contributed by atoms with Gasteiger partial charge in [-0.2, -0.15) is 5.26 Å². The molecule has 3 rings (SSSR count). The van der Waals surface area contributed by atoms with E-state index in [2.05, 4.69) is 5.32 Å². The van der Waals surface area contributed by atoms with Crippen LogP contribution in [-0.2, 0) is 4.79 Å². The zero-order valence-corrected chi connectivity index (χ0v) is 18.0. The summed E-state index contributed by atoms with van der Waals surface area (Å²) in [5.74, 6) is 0.143. The Bertz CT molecular complexity index is 1190. The number of aromatic nitrogens is 1. The SMILES string of the molecule is COc1cccc(NC(=O)/C(C#N)=C\c2cc(C)n(-c3ccc(C)c(Cl)c3)c2C)c1. The van der Waals surface area contributed by atoms with Crippen molar-refractivity contribution in [1.29, 1.82) is 5.26 Å². The Hall–Kier alpha value is -3.49. The van der Waals surface area contributed by atoms with Gasteiger partial charge in [-0.1, -0.05) is 23.7 Å². The minimum Gasteiger partial charge on any atom is -0.497 e. The van der Waals surface area contributed by atoms with Crippen LogP contribution in [0.5, 0.6) is 5.75 Å². The number of methoxy groups -OCH3 is 1. The van der Waals surface area contributed by atoms with Crippen LogP contribution >= 0.6 is 11.6 Å². The third kappa shape index (κ3) is 4.40. The summed E-state index contributed by atoms with van der Waals surface area (Å²) in [6, 6.07) is 16.8. The van der Waals surface area contributed by atoms with Gasteiger partial charge in [-0.25, -0.2) is 0 Å². The molecule has 5 nitrogen and oxygen atoms in total. The summed E-state index contributed by atoms with van der Waals surface area (Å²) in [5.41, 5.74) is 5.18. The van der Waals surface area contributed by atoms with E-state index in [-0.39, 0.29) is 5.57 Å². The van der Waals surface area contributed by atoms with Crippen molar-refractivity contribution in [2.24, 2.45) is 0 Å². The Morgan fingerprint density at radius 3 is 2.60 bits per heavy atom. The first-order valence-electron chi connectivity index (χ1n) is 9.36. The van der Waals surface area contributed by atoms with Gasteiger partial charge in [0, 0.05) is 33.9 Å². The van der Waals surface area contributed by atoms with Crippen LogP contribution in [0, 0.1) is 32.1 Å². The van der Waals surface area contributed by atoms with Gasteiger partial charge in [0.15, 0.2) is 0 Å².